The van der Waals surface area contributed by atoms with Crippen LogP contribution in [-0.4, -0.2) is 22.2 Å². The van der Waals surface area contributed by atoms with Crippen molar-refractivity contribution in [1.82, 2.24) is 0 Å². The van der Waals surface area contributed by atoms with Crippen LogP contribution in [-0.2, 0) is 9.59 Å². The van der Waals surface area contributed by atoms with E-state index in [0.29, 0.717) is 35.5 Å². The molecule has 4 saturated carbocycles. The minimum absolute atomic E-state index is 0.0276. The first-order valence-electron chi connectivity index (χ1n) is 6.52. The van der Waals surface area contributed by atoms with E-state index >= 15 is 0 Å². The molecule has 2 N–H and O–H groups in total. The van der Waals surface area contributed by atoms with Crippen LogP contribution < -0.4 is 0 Å². The average molecular weight is 244 g/mol. The van der Waals surface area contributed by atoms with Crippen LogP contribution in [0.5, 0.6) is 0 Å². The number of hydrogen-bond donors (Lipinski definition) is 2. The molecular formula is C14H12O4. The number of rotatable bonds is 2. The van der Waals surface area contributed by atoms with Gasteiger partial charge in [0.15, 0.2) is 0 Å². The number of allylic oxidation sites excluding steroid dienone is 2. The predicted molar refractivity (Wildman–Crippen MR) is 59.4 cm³/mol. The van der Waals surface area contributed by atoms with Crippen LogP contribution in [0.15, 0.2) is 23.3 Å². The summed E-state index contributed by atoms with van der Waals surface area (Å²) in [5.74, 6) is 0.824. The van der Waals surface area contributed by atoms with Crippen molar-refractivity contribution in [2.75, 3.05) is 0 Å². The van der Waals surface area contributed by atoms with E-state index in [9.17, 15) is 19.8 Å². The maximum Gasteiger partial charge on any atom is 0.332 e. The van der Waals surface area contributed by atoms with Crippen molar-refractivity contribution in [3.8, 4) is 0 Å². The van der Waals surface area contributed by atoms with Crippen LogP contribution in [0.4, 0.5) is 0 Å². The quantitative estimate of drug-likeness (QED) is 0.711. The van der Waals surface area contributed by atoms with E-state index in [4.69, 9.17) is 0 Å². The summed E-state index contributed by atoms with van der Waals surface area (Å²) in [6, 6.07) is 0. The van der Waals surface area contributed by atoms with Crippen molar-refractivity contribution in [1.29, 1.82) is 0 Å². The first-order chi connectivity index (χ1) is 8.63. The first-order valence-corrected chi connectivity index (χ1v) is 6.52. The lowest BCUT2D eigenvalue weighted by molar-refractivity contribution is -0.137. The Labute approximate surface area is 103 Å². The molecule has 0 aliphatic heterocycles. The van der Waals surface area contributed by atoms with Crippen LogP contribution in [0.2, 0.25) is 0 Å². The maximum atomic E-state index is 11.4. The van der Waals surface area contributed by atoms with Gasteiger partial charge in [-0.15, -0.1) is 0 Å². The predicted octanol–water partition coefficient (Wildman–Crippen LogP) is 1.01. The van der Waals surface area contributed by atoms with Gasteiger partial charge < -0.3 is 10.2 Å². The van der Waals surface area contributed by atoms with Gasteiger partial charge >= 0.3 is 11.9 Å². The lowest BCUT2D eigenvalue weighted by atomic mass is 9.71. The Morgan fingerprint density at radius 1 is 0.778 bits per heavy atom. The fourth-order valence-corrected chi connectivity index (χ4v) is 6.38. The zero-order valence-electron chi connectivity index (χ0n) is 9.48. The molecule has 6 aliphatic rings. The van der Waals surface area contributed by atoms with E-state index in [0.717, 1.165) is 0 Å². The lowest BCUT2D eigenvalue weighted by Gasteiger charge is -2.32. The highest BCUT2D eigenvalue weighted by Crippen LogP contribution is 2.81. The summed E-state index contributed by atoms with van der Waals surface area (Å²) in [5.41, 5.74) is 0.472. The second kappa shape index (κ2) is 2.42. The largest absolute Gasteiger partial charge is 0.478 e. The van der Waals surface area contributed by atoms with Crippen LogP contribution >= 0.6 is 0 Å². The molecule has 0 aromatic carbocycles. The third-order valence-electron chi connectivity index (χ3n) is 6.30. The summed E-state index contributed by atoms with van der Waals surface area (Å²) in [6.45, 7) is 0. The average Bonchev–Trinajstić information content (AvgIpc) is 3.07. The molecule has 4 fully saturated rings. The van der Waals surface area contributed by atoms with E-state index in [-0.39, 0.29) is 23.0 Å². The smallest absolute Gasteiger partial charge is 0.332 e. The molecule has 4 nitrogen and oxygen atoms in total. The molecule has 8 bridgehead atoms. The Morgan fingerprint density at radius 2 is 1.22 bits per heavy atom. The standard InChI is InChI=1S/C14H12O4/c15-13(16)11-9-6-3-1-2-4-5(3)8(9)10(7(4)6)12(11)14(17)18/h1-10H,(H,15,16)(H,17,18)/t3-,4-,5?,6-,7-,8?,9-,10-/m1/s1. The van der Waals surface area contributed by atoms with Crippen LogP contribution in [0.3, 0.4) is 0 Å². The van der Waals surface area contributed by atoms with Crippen molar-refractivity contribution in [3.63, 3.8) is 0 Å². The summed E-state index contributed by atoms with van der Waals surface area (Å²) in [4.78, 5) is 22.8. The lowest BCUT2D eigenvalue weighted by Crippen LogP contribution is -2.32. The molecular weight excluding hydrogens is 232 g/mol. The molecule has 18 heavy (non-hydrogen) atoms. The van der Waals surface area contributed by atoms with Gasteiger partial charge in [-0.25, -0.2) is 9.59 Å². The van der Waals surface area contributed by atoms with Gasteiger partial charge in [0.25, 0.3) is 0 Å². The second-order valence-electron chi connectivity index (χ2n) is 6.34. The molecule has 0 heterocycles. The number of carboxylic acids is 2. The monoisotopic (exact) mass is 244 g/mol. The van der Waals surface area contributed by atoms with E-state index in [1.54, 1.807) is 0 Å². The SMILES string of the molecule is O=C(O)C1=C(C(=O)O)[C@H]2C3C4[C@H]5C=C[C@H]4[C@@H]2[C@@H]5[C@@H]13. The van der Waals surface area contributed by atoms with Crippen LogP contribution in [0, 0.1) is 47.3 Å². The summed E-state index contributed by atoms with van der Waals surface area (Å²) >= 11 is 0. The third kappa shape index (κ3) is 0.646. The zero-order valence-corrected chi connectivity index (χ0v) is 9.48. The topological polar surface area (TPSA) is 74.6 Å². The van der Waals surface area contributed by atoms with Crippen LogP contribution in [0.25, 0.3) is 0 Å². The molecule has 0 aromatic rings. The highest BCUT2D eigenvalue weighted by molar-refractivity contribution is 6.02. The molecule has 6 aliphatic carbocycles. The van der Waals surface area contributed by atoms with Gasteiger partial charge in [0.05, 0.1) is 11.1 Å². The molecule has 0 spiro atoms. The van der Waals surface area contributed by atoms with E-state index in [1.807, 2.05) is 0 Å². The molecule has 6 rings (SSSR count). The van der Waals surface area contributed by atoms with Gasteiger partial charge in [-0.2, -0.15) is 0 Å². The Kier molecular flexibility index (Phi) is 1.26. The number of carboxylic acid groups (broad SMARTS) is 2. The van der Waals surface area contributed by atoms with Crippen molar-refractivity contribution in [3.05, 3.63) is 23.3 Å². The fraction of sp³-hybridized carbons (Fsp3) is 0.571. The van der Waals surface area contributed by atoms with E-state index < -0.39 is 11.9 Å². The van der Waals surface area contributed by atoms with E-state index in [1.165, 1.54) is 0 Å². The van der Waals surface area contributed by atoms with Gasteiger partial charge in [-0.3, -0.25) is 0 Å². The van der Waals surface area contributed by atoms with Gasteiger partial charge in [0.1, 0.15) is 0 Å². The van der Waals surface area contributed by atoms with E-state index in [2.05, 4.69) is 12.2 Å². The molecule has 0 radical (unpaired) electrons. The number of hydrogen-bond acceptors (Lipinski definition) is 2. The van der Waals surface area contributed by atoms with Crippen molar-refractivity contribution in [2.45, 2.75) is 0 Å². The zero-order chi connectivity index (χ0) is 12.3. The molecule has 0 aromatic heterocycles. The Hall–Kier alpha value is -1.58. The van der Waals surface area contributed by atoms with Gasteiger partial charge in [0.2, 0.25) is 0 Å². The number of carbonyl (C=O) groups is 2. The molecule has 4 heteroatoms. The van der Waals surface area contributed by atoms with Crippen LogP contribution in [0.1, 0.15) is 0 Å². The molecule has 92 valence electrons. The van der Waals surface area contributed by atoms with Crippen molar-refractivity contribution >= 4 is 11.9 Å². The minimum atomic E-state index is -1.00. The molecule has 0 saturated heterocycles. The Balaban J connectivity index is 1.75. The van der Waals surface area contributed by atoms with Gasteiger partial charge in [-0.05, 0) is 47.3 Å². The fourth-order valence-electron chi connectivity index (χ4n) is 6.38. The Bertz CT molecular complexity index is 539. The normalized spacial score (nSPS) is 56.2. The maximum absolute atomic E-state index is 11.4. The number of aliphatic carboxylic acids is 2. The van der Waals surface area contributed by atoms with Gasteiger partial charge in [-0.1, -0.05) is 12.2 Å². The summed E-state index contributed by atoms with van der Waals surface area (Å²) < 4.78 is 0. The highest BCUT2D eigenvalue weighted by Gasteiger charge is 2.79. The molecule has 6 atom stereocenters. The Morgan fingerprint density at radius 3 is 1.61 bits per heavy atom. The minimum Gasteiger partial charge on any atom is -0.478 e. The molecule has 0 unspecified atom stereocenters. The summed E-state index contributed by atoms with van der Waals surface area (Å²) in [5, 5.41) is 18.7. The van der Waals surface area contributed by atoms with Gasteiger partial charge in [0, 0.05) is 0 Å². The second-order valence-corrected chi connectivity index (χ2v) is 6.34. The highest BCUT2D eigenvalue weighted by atomic mass is 16.4. The summed E-state index contributed by atoms with van der Waals surface area (Å²) in [7, 11) is 0. The van der Waals surface area contributed by atoms with Crippen molar-refractivity contribution < 1.29 is 19.8 Å². The first kappa shape index (κ1) is 9.36. The van der Waals surface area contributed by atoms with Crippen molar-refractivity contribution in [2.24, 2.45) is 47.3 Å². The third-order valence-corrected chi connectivity index (χ3v) is 6.30. The summed E-state index contributed by atoms with van der Waals surface area (Å²) in [6.07, 6.45) is 4.51. The molecule has 0 amide bonds.